The summed E-state index contributed by atoms with van der Waals surface area (Å²) in [5, 5.41) is 10.7. The minimum atomic E-state index is -0.436. The Hall–Kier alpha value is -2.44. The van der Waals surface area contributed by atoms with Crippen molar-refractivity contribution in [3.63, 3.8) is 0 Å². The van der Waals surface area contributed by atoms with Gasteiger partial charge in [-0.15, -0.1) is 0 Å². The topological polar surface area (TPSA) is 60.4 Å². The molecule has 30 heavy (non-hydrogen) atoms. The average Bonchev–Trinajstić information content (AvgIpc) is 3.46. The van der Waals surface area contributed by atoms with Gasteiger partial charge in [0.25, 0.3) is 0 Å². The fraction of sp³-hybridized carbons (Fsp3) is 0.500. The molecule has 6 rings (SSSR count). The number of ether oxygens (including phenoxy) is 4. The van der Waals surface area contributed by atoms with Crippen molar-refractivity contribution >= 4 is 0 Å². The van der Waals surface area contributed by atoms with Crippen molar-refractivity contribution in [1.82, 2.24) is 4.90 Å². The molecule has 0 aromatic heterocycles. The summed E-state index contributed by atoms with van der Waals surface area (Å²) in [6.45, 7) is 4.12. The van der Waals surface area contributed by atoms with Gasteiger partial charge in [0, 0.05) is 32.1 Å². The first-order chi connectivity index (χ1) is 14.7. The van der Waals surface area contributed by atoms with E-state index in [0.717, 1.165) is 62.8 Å². The van der Waals surface area contributed by atoms with E-state index in [1.807, 2.05) is 18.2 Å². The summed E-state index contributed by atoms with van der Waals surface area (Å²) in [4.78, 5) is 2.53. The van der Waals surface area contributed by atoms with Gasteiger partial charge in [0.2, 0.25) is 6.79 Å². The molecule has 2 fully saturated rings. The number of likely N-dealkylation sites (tertiary alicyclic amines) is 1. The average molecular weight is 409 g/mol. The minimum absolute atomic E-state index is 0.177. The molecule has 0 radical (unpaired) electrons. The van der Waals surface area contributed by atoms with Crippen LogP contribution in [0.2, 0.25) is 0 Å². The van der Waals surface area contributed by atoms with Crippen LogP contribution in [0, 0.1) is 11.8 Å². The van der Waals surface area contributed by atoms with Crippen molar-refractivity contribution in [3.05, 3.63) is 47.5 Å². The molecule has 4 atom stereocenters. The van der Waals surface area contributed by atoms with Crippen molar-refractivity contribution < 1.29 is 24.1 Å². The molecule has 1 N–H and O–H groups in total. The van der Waals surface area contributed by atoms with Crippen LogP contribution in [0.4, 0.5) is 0 Å². The molecule has 0 amide bonds. The standard InChI is InChI=1S/C24H27NO5/c26-20-8-17-12-25(11-15-1-3-21-16(7-15)5-6-27-21)13-18(17)9-23(20)30-19-2-4-22-24(10-19)29-14-28-22/h1-4,7,10,17-18,20,23,26H,5-6,8-9,11-14H2/t17-,18+,20+,23+/m0/s1. The first kappa shape index (κ1) is 18.3. The summed E-state index contributed by atoms with van der Waals surface area (Å²) in [7, 11) is 0. The number of hydrogen-bond acceptors (Lipinski definition) is 6. The van der Waals surface area contributed by atoms with E-state index >= 15 is 0 Å². The predicted octanol–water partition coefficient (Wildman–Crippen LogP) is 3.00. The van der Waals surface area contributed by atoms with Crippen molar-refractivity contribution in [2.24, 2.45) is 11.8 Å². The first-order valence-corrected chi connectivity index (χ1v) is 10.9. The number of aliphatic hydroxyl groups excluding tert-OH is 1. The zero-order valence-corrected chi connectivity index (χ0v) is 17.0. The van der Waals surface area contributed by atoms with Gasteiger partial charge >= 0.3 is 0 Å². The second-order valence-corrected chi connectivity index (χ2v) is 8.96. The number of hydrogen-bond donors (Lipinski definition) is 1. The SMILES string of the molecule is O[C@@H]1C[C@H]2CN(Cc3ccc4c(c3)CCO4)C[C@H]2C[C@H]1Oc1ccc2c(c1)OCO2. The van der Waals surface area contributed by atoms with Gasteiger partial charge in [-0.05, 0) is 54.0 Å². The van der Waals surface area contributed by atoms with E-state index in [2.05, 4.69) is 23.1 Å². The molecule has 2 aromatic carbocycles. The number of fused-ring (bicyclic) bond motifs is 3. The third kappa shape index (κ3) is 3.38. The van der Waals surface area contributed by atoms with Gasteiger partial charge in [-0.25, -0.2) is 0 Å². The summed E-state index contributed by atoms with van der Waals surface area (Å²) in [5.74, 6) is 4.33. The van der Waals surface area contributed by atoms with Crippen LogP contribution in [0.3, 0.4) is 0 Å². The van der Waals surface area contributed by atoms with Gasteiger partial charge in [0.1, 0.15) is 17.6 Å². The largest absolute Gasteiger partial charge is 0.493 e. The molecule has 1 saturated carbocycles. The van der Waals surface area contributed by atoms with Gasteiger partial charge < -0.3 is 24.1 Å². The molecule has 4 aliphatic rings. The highest BCUT2D eigenvalue weighted by atomic mass is 16.7. The van der Waals surface area contributed by atoms with Crippen LogP contribution < -0.4 is 18.9 Å². The van der Waals surface area contributed by atoms with E-state index in [-0.39, 0.29) is 12.9 Å². The van der Waals surface area contributed by atoms with E-state index in [1.54, 1.807) is 0 Å². The van der Waals surface area contributed by atoms with Gasteiger partial charge in [-0.1, -0.05) is 12.1 Å². The Labute approximate surface area is 176 Å². The molecule has 0 spiro atoms. The lowest BCUT2D eigenvalue weighted by Crippen LogP contribution is -2.42. The highest BCUT2D eigenvalue weighted by Crippen LogP contribution is 2.40. The van der Waals surface area contributed by atoms with Crippen LogP contribution in [0.25, 0.3) is 0 Å². The Balaban J connectivity index is 1.10. The lowest BCUT2D eigenvalue weighted by molar-refractivity contribution is -0.0232. The van der Waals surface area contributed by atoms with Crippen LogP contribution in [0.1, 0.15) is 24.0 Å². The highest BCUT2D eigenvalue weighted by Gasteiger charge is 2.42. The van der Waals surface area contributed by atoms with Crippen LogP contribution in [-0.4, -0.2) is 48.7 Å². The molecule has 158 valence electrons. The van der Waals surface area contributed by atoms with Crippen LogP contribution in [-0.2, 0) is 13.0 Å². The van der Waals surface area contributed by atoms with Crippen molar-refractivity contribution in [2.75, 3.05) is 26.5 Å². The van der Waals surface area contributed by atoms with Gasteiger partial charge in [0.15, 0.2) is 11.5 Å². The van der Waals surface area contributed by atoms with Crippen LogP contribution in [0.15, 0.2) is 36.4 Å². The third-order valence-electron chi connectivity index (χ3n) is 6.95. The summed E-state index contributed by atoms with van der Waals surface area (Å²) >= 11 is 0. The van der Waals surface area contributed by atoms with Gasteiger partial charge in [-0.2, -0.15) is 0 Å². The highest BCUT2D eigenvalue weighted by molar-refractivity contribution is 5.47. The maximum atomic E-state index is 10.7. The summed E-state index contributed by atoms with van der Waals surface area (Å²) in [6, 6.07) is 12.2. The third-order valence-corrected chi connectivity index (χ3v) is 6.95. The second-order valence-electron chi connectivity index (χ2n) is 8.96. The van der Waals surface area contributed by atoms with E-state index < -0.39 is 6.10 Å². The lowest BCUT2D eigenvalue weighted by Gasteiger charge is -2.35. The first-order valence-electron chi connectivity index (χ1n) is 10.9. The van der Waals surface area contributed by atoms with Crippen molar-refractivity contribution in [3.8, 4) is 23.0 Å². The molecular weight excluding hydrogens is 382 g/mol. The number of rotatable bonds is 4. The second kappa shape index (κ2) is 7.36. The molecule has 3 heterocycles. The number of benzene rings is 2. The Bertz CT molecular complexity index is 947. The maximum absolute atomic E-state index is 10.7. The Kier molecular flexibility index (Phi) is 4.50. The van der Waals surface area contributed by atoms with Crippen molar-refractivity contribution in [2.45, 2.75) is 38.0 Å². The Morgan fingerprint density at radius 2 is 1.77 bits per heavy atom. The van der Waals surface area contributed by atoms with Gasteiger partial charge in [0.05, 0.1) is 12.7 Å². The maximum Gasteiger partial charge on any atom is 0.231 e. The fourth-order valence-corrected chi connectivity index (χ4v) is 5.46. The Morgan fingerprint density at radius 1 is 0.933 bits per heavy atom. The zero-order chi connectivity index (χ0) is 20.1. The molecule has 3 aliphatic heterocycles. The molecule has 6 heteroatoms. The lowest BCUT2D eigenvalue weighted by atomic mass is 9.78. The van der Waals surface area contributed by atoms with Crippen LogP contribution >= 0.6 is 0 Å². The van der Waals surface area contributed by atoms with E-state index in [4.69, 9.17) is 18.9 Å². The van der Waals surface area contributed by atoms with E-state index in [1.165, 1.54) is 11.1 Å². The van der Waals surface area contributed by atoms with Crippen molar-refractivity contribution in [1.29, 1.82) is 0 Å². The summed E-state index contributed by atoms with van der Waals surface area (Å²) in [5.41, 5.74) is 2.68. The molecule has 1 saturated heterocycles. The minimum Gasteiger partial charge on any atom is -0.493 e. The number of aliphatic hydroxyl groups is 1. The molecule has 1 aliphatic carbocycles. The van der Waals surface area contributed by atoms with E-state index in [9.17, 15) is 5.11 Å². The quantitative estimate of drug-likeness (QED) is 0.838. The smallest absolute Gasteiger partial charge is 0.231 e. The molecular formula is C24H27NO5. The molecule has 2 aromatic rings. The predicted molar refractivity (Wildman–Crippen MR) is 110 cm³/mol. The van der Waals surface area contributed by atoms with Crippen LogP contribution in [0.5, 0.6) is 23.0 Å². The monoisotopic (exact) mass is 409 g/mol. The van der Waals surface area contributed by atoms with E-state index in [0.29, 0.717) is 17.6 Å². The summed E-state index contributed by atoms with van der Waals surface area (Å²) < 4.78 is 22.6. The zero-order valence-electron chi connectivity index (χ0n) is 17.0. The molecule has 6 nitrogen and oxygen atoms in total. The fourth-order valence-electron chi connectivity index (χ4n) is 5.46. The number of nitrogens with zero attached hydrogens (tertiary/aromatic N) is 1. The molecule has 0 unspecified atom stereocenters. The van der Waals surface area contributed by atoms with Gasteiger partial charge in [-0.3, -0.25) is 4.90 Å². The Morgan fingerprint density at radius 3 is 2.70 bits per heavy atom. The summed E-state index contributed by atoms with van der Waals surface area (Å²) in [6.07, 6.45) is 2.08. The normalized spacial score (nSPS) is 29.4. The molecule has 0 bridgehead atoms.